The number of aromatic amines is 1. The standard InChI is InChI=1S/C29H30ClN5O3/c1-29(2)17-34(15-26(36)35-11-5-7-18-6-3-4-8-24(18)35)25(16-38-29)28(37)33-22-13-19(30)12-21-20-9-10-31-14-23(20)32-27(21)22/h3-4,6,8-10,12-14,25,32H,5,7,11,15-17H2,1-2H3,(H,33,37)/t25-/m0/s1. The molecule has 4 aromatic rings. The van der Waals surface area contributed by atoms with Gasteiger partial charge in [0.25, 0.3) is 0 Å². The summed E-state index contributed by atoms with van der Waals surface area (Å²) in [6.07, 6.45) is 5.36. The largest absolute Gasteiger partial charge is 0.372 e. The summed E-state index contributed by atoms with van der Waals surface area (Å²) in [4.78, 5) is 38.6. The van der Waals surface area contributed by atoms with E-state index in [4.69, 9.17) is 16.3 Å². The average Bonchev–Trinajstić information content (AvgIpc) is 3.26. The van der Waals surface area contributed by atoms with Crippen LogP contribution in [0.15, 0.2) is 54.9 Å². The van der Waals surface area contributed by atoms with E-state index in [2.05, 4.69) is 21.4 Å². The zero-order valence-electron chi connectivity index (χ0n) is 21.5. The van der Waals surface area contributed by atoms with Crippen LogP contribution in [0.3, 0.4) is 0 Å². The number of carbonyl (C=O) groups excluding carboxylic acids is 2. The van der Waals surface area contributed by atoms with Crippen molar-refractivity contribution in [1.82, 2.24) is 14.9 Å². The molecule has 2 N–H and O–H groups in total. The van der Waals surface area contributed by atoms with Gasteiger partial charge in [-0.25, -0.2) is 0 Å². The molecule has 0 unspecified atom stereocenters. The molecule has 1 atom stereocenters. The fraction of sp³-hybridized carbons (Fsp3) is 0.345. The second-order valence-electron chi connectivity index (χ2n) is 10.7. The number of carbonyl (C=O) groups is 2. The molecule has 2 aliphatic heterocycles. The van der Waals surface area contributed by atoms with Crippen LogP contribution >= 0.6 is 11.6 Å². The lowest BCUT2D eigenvalue weighted by Crippen LogP contribution is -2.60. The summed E-state index contributed by atoms with van der Waals surface area (Å²) in [5.74, 6) is -0.256. The number of H-pyrrole nitrogens is 1. The van der Waals surface area contributed by atoms with E-state index >= 15 is 0 Å². The lowest BCUT2D eigenvalue weighted by atomic mass is 10.0. The molecule has 2 aromatic heterocycles. The topological polar surface area (TPSA) is 90.6 Å². The maximum Gasteiger partial charge on any atom is 0.244 e. The summed E-state index contributed by atoms with van der Waals surface area (Å²) in [7, 11) is 0. The minimum atomic E-state index is -0.632. The Bertz CT molecular complexity index is 1550. The van der Waals surface area contributed by atoms with Gasteiger partial charge in [-0.1, -0.05) is 29.8 Å². The molecule has 2 aromatic carbocycles. The first-order chi connectivity index (χ1) is 18.3. The first kappa shape index (κ1) is 24.9. The summed E-state index contributed by atoms with van der Waals surface area (Å²) in [5, 5.41) is 5.46. The molecule has 0 radical (unpaired) electrons. The first-order valence-corrected chi connectivity index (χ1v) is 13.3. The lowest BCUT2D eigenvalue weighted by Gasteiger charge is -2.43. The second-order valence-corrected chi connectivity index (χ2v) is 11.1. The Hall–Kier alpha value is -3.46. The minimum absolute atomic E-state index is 0.0130. The third-order valence-corrected chi connectivity index (χ3v) is 7.66. The molecule has 0 bridgehead atoms. The Balaban J connectivity index is 1.27. The molecule has 2 aliphatic rings. The van der Waals surface area contributed by atoms with E-state index in [1.807, 2.05) is 54.0 Å². The number of rotatable bonds is 4. The van der Waals surface area contributed by atoms with Crippen molar-refractivity contribution in [1.29, 1.82) is 0 Å². The van der Waals surface area contributed by atoms with E-state index in [1.54, 1.807) is 18.5 Å². The number of halogens is 1. The van der Waals surface area contributed by atoms with Gasteiger partial charge in [-0.05, 0) is 56.5 Å². The van der Waals surface area contributed by atoms with E-state index in [1.165, 1.54) is 5.56 Å². The highest BCUT2D eigenvalue weighted by Crippen LogP contribution is 2.34. The van der Waals surface area contributed by atoms with Crippen LogP contribution in [0.2, 0.25) is 5.02 Å². The SMILES string of the molecule is CC1(C)CN(CC(=O)N2CCCc3ccccc32)[C@H](C(=O)Nc2cc(Cl)cc3c2[nH]c2cnccc23)CO1. The Morgan fingerprint density at radius 3 is 2.92 bits per heavy atom. The molecule has 0 saturated carbocycles. The highest BCUT2D eigenvalue weighted by molar-refractivity contribution is 6.33. The minimum Gasteiger partial charge on any atom is -0.372 e. The zero-order valence-corrected chi connectivity index (χ0v) is 22.2. The summed E-state index contributed by atoms with van der Waals surface area (Å²) >= 11 is 6.45. The number of aryl methyl sites for hydroxylation is 1. The zero-order chi connectivity index (χ0) is 26.4. The summed E-state index contributed by atoms with van der Waals surface area (Å²) in [6.45, 7) is 5.40. The number of nitrogens with zero attached hydrogens (tertiary/aromatic N) is 3. The quantitative estimate of drug-likeness (QED) is 0.396. The second kappa shape index (κ2) is 9.69. The van der Waals surface area contributed by atoms with Crippen molar-refractivity contribution in [2.45, 2.75) is 38.3 Å². The van der Waals surface area contributed by atoms with Crippen LogP contribution in [0.1, 0.15) is 25.8 Å². The number of fused-ring (bicyclic) bond motifs is 4. The van der Waals surface area contributed by atoms with Crippen molar-refractivity contribution in [3.63, 3.8) is 0 Å². The van der Waals surface area contributed by atoms with Gasteiger partial charge in [0, 0.05) is 40.8 Å². The third-order valence-electron chi connectivity index (χ3n) is 7.44. The molecular formula is C29H30ClN5O3. The molecule has 6 rings (SSSR count). The number of morpholine rings is 1. The molecule has 1 fully saturated rings. The molecule has 0 aliphatic carbocycles. The molecule has 8 nitrogen and oxygen atoms in total. The van der Waals surface area contributed by atoms with Crippen molar-refractivity contribution in [3.8, 4) is 0 Å². The van der Waals surface area contributed by atoms with Crippen LogP contribution in [-0.4, -0.2) is 64.6 Å². The van der Waals surface area contributed by atoms with E-state index in [0.29, 0.717) is 23.8 Å². The third kappa shape index (κ3) is 4.64. The maximum absolute atomic E-state index is 13.7. The number of amides is 2. The summed E-state index contributed by atoms with van der Waals surface area (Å²) in [6, 6.07) is 12.9. The molecule has 0 spiro atoms. The van der Waals surface area contributed by atoms with Crippen molar-refractivity contribution in [2.24, 2.45) is 0 Å². The summed E-state index contributed by atoms with van der Waals surface area (Å²) < 4.78 is 6.04. The number of ether oxygens (including phenoxy) is 1. The van der Waals surface area contributed by atoms with Crippen LogP contribution in [0, 0.1) is 0 Å². The van der Waals surface area contributed by atoms with E-state index in [0.717, 1.165) is 40.3 Å². The predicted octanol–water partition coefficient (Wildman–Crippen LogP) is 4.77. The van der Waals surface area contributed by atoms with E-state index in [-0.39, 0.29) is 25.0 Å². The van der Waals surface area contributed by atoms with Crippen LogP contribution < -0.4 is 10.2 Å². The first-order valence-electron chi connectivity index (χ1n) is 12.9. The molecule has 4 heterocycles. The molecule has 196 valence electrons. The van der Waals surface area contributed by atoms with Gasteiger partial charge in [0.1, 0.15) is 6.04 Å². The van der Waals surface area contributed by atoms with Gasteiger partial charge in [-0.3, -0.25) is 19.5 Å². The van der Waals surface area contributed by atoms with E-state index in [9.17, 15) is 9.59 Å². The molecular weight excluding hydrogens is 502 g/mol. The van der Waals surface area contributed by atoms with Crippen molar-refractivity contribution in [3.05, 3.63) is 65.4 Å². The van der Waals surface area contributed by atoms with Crippen LogP contribution in [0.4, 0.5) is 11.4 Å². The van der Waals surface area contributed by atoms with Crippen LogP contribution in [-0.2, 0) is 20.7 Å². The fourth-order valence-corrected chi connectivity index (χ4v) is 5.86. The van der Waals surface area contributed by atoms with Gasteiger partial charge in [-0.15, -0.1) is 0 Å². The van der Waals surface area contributed by atoms with Gasteiger partial charge < -0.3 is 19.9 Å². The smallest absolute Gasteiger partial charge is 0.244 e. The predicted molar refractivity (Wildman–Crippen MR) is 150 cm³/mol. The lowest BCUT2D eigenvalue weighted by molar-refractivity contribution is -0.146. The highest BCUT2D eigenvalue weighted by Gasteiger charge is 2.39. The molecule has 38 heavy (non-hydrogen) atoms. The number of pyridine rings is 1. The number of hydrogen-bond acceptors (Lipinski definition) is 5. The fourth-order valence-electron chi connectivity index (χ4n) is 5.65. The Morgan fingerprint density at radius 1 is 1.21 bits per heavy atom. The number of anilines is 2. The number of aromatic nitrogens is 2. The molecule has 1 saturated heterocycles. The molecule has 2 amide bonds. The van der Waals surface area contributed by atoms with E-state index < -0.39 is 11.6 Å². The number of hydrogen-bond donors (Lipinski definition) is 2. The number of nitrogens with one attached hydrogen (secondary N) is 2. The van der Waals surface area contributed by atoms with Crippen molar-refractivity contribution < 1.29 is 14.3 Å². The number of benzene rings is 2. The Labute approximate surface area is 225 Å². The van der Waals surface area contributed by atoms with Crippen LogP contribution in [0.5, 0.6) is 0 Å². The van der Waals surface area contributed by atoms with Crippen molar-refractivity contribution >= 4 is 56.6 Å². The highest BCUT2D eigenvalue weighted by atomic mass is 35.5. The monoisotopic (exact) mass is 531 g/mol. The Kier molecular flexibility index (Phi) is 6.34. The van der Waals surface area contributed by atoms with Crippen LogP contribution in [0.25, 0.3) is 21.8 Å². The normalized spacial score (nSPS) is 19.4. The maximum atomic E-state index is 13.7. The average molecular weight is 532 g/mol. The van der Waals surface area contributed by atoms with Gasteiger partial charge in [0.15, 0.2) is 0 Å². The number of para-hydroxylation sites is 1. The van der Waals surface area contributed by atoms with Crippen molar-refractivity contribution in [2.75, 3.05) is 36.5 Å². The molecule has 9 heteroatoms. The van der Waals surface area contributed by atoms with Gasteiger partial charge >= 0.3 is 0 Å². The summed E-state index contributed by atoms with van der Waals surface area (Å²) in [5.41, 5.74) is 3.88. The Morgan fingerprint density at radius 2 is 2.05 bits per heavy atom. The van der Waals surface area contributed by atoms with Gasteiger partial charge in [-0.2, -0.15) is 0 Å². The van der Waals surface area contributed by atoms with Gasteiger partial charge in [0.2, 0.25) is 11.8 Å². The van der Waals surface area contributed by atoms with Gasteiger partial charge in [0.05, 0.1) is 41.7 Å².